The van der Waals surface area contributed by atoms with E-state index in [1.54, 1.807) is 0 Å². The molecular formula is C13H19ClO3. The van der Waals surface area contributed by atoms with E-state index < -0.39 is 5.79 Å². The number of carbonyl (C=O) groups is 1. The van der Waals surface area contributed by atoms with Crippen molar-refractivity contribution in [3.63, 3.8) is 0 Å². The molecule has 17 heavy (non-hydrogen) atoms. The highest BCUT2D eigenvalue weighted by Crippen LogP contribution is 2.69. The first-order valence-corrected chi connectivity index (χ1v) is 6.84. The highest BCUT2D eigenvalue weighted by Gasteiger charge is 2.76. The van der Waals surface area contributed by atoms with Crippen molar-refractivity contribution in [2.75, 3.05) is 12.5 Å². The summed E-state index contributed by atoms with van der Waals surface area (Å²) in [6.07, 6.45) is 1.81. The van der Waals surface area contributed by atoms with Crippen molar-refractivity contribution >= 4 is 17.4 Å². The van der Waals surface area contributed by atoms with Gasteiger partial charge in [-0.1, -0.05) is 20.8 Å². The molecule has 3 fully saturated rings. The fourth-order valence-electron chi connectivity index (χ4n) is 4.02. The molecule has 3 aliphatic rings. The zero-order valence-corrected chi connectivity index (χ0v) is 11.3. The van der Waals surface area contributed by atoms with E-state index in [0.717, 1.165) is 12.8 Å². The topological polar surface area (TPSA) is 35.5 Å². The van der Waals surface area contributed by atoms with Crippen LogP contribution in [0.3, 0.4) is 0 Å². The van der Waals surface area contributed by atoms with Crippen molar-refractivity contribution in [1.82, 2.24) is 0 Å². The summed E-state index contributed by atoms with van der Waals surface area (Å²) in [5, 5.41) is 0. The van der Waals surface area contributed by atoms with E-state index >= 15 is 0 Å². The van der Waals surface area contributed by atoms with E-state index in [1.807, 2.05) is 0 Å². The third kappa shape index (κ3) is 1.14. The molecule has 3 rings (SSSR count). The Morgan fingerprint density at radius 3 is 2.59 bits per heavy atom. The molecule has 0 amide bonds. The van der Waals surface area contributed by atoms with Crippen LogP contribution in [-0.2, 0) is 14.3 Å². The second-order valence-corrected chi connectivity index (χ2v) is 6.66. The van der Waals surface area contributed by atoms with E-state index in [1.165, 1.54) is 0 Å². The van der Waals surface area contributed by atoms with Gasteiger partial charge in [0.15, 0.2) is 5.78 Å². The maximum absolute atomic E-state index is 12.7. The average Bonchev–Trinajstić information content (AvgIpc) is 2.83. The van der Waals surface area contributed by atoms with Crippen LogP contribution in [0.2, 0.25) is 0 Å². The van der Waals surface area contributed by atoms with Gasteiger partial charge in [-0.15, -0.1) is 11.6 Å². The van der Waals surface area contributed by atoms with Crippen molar-refractivity contribution in [3.8, 4) is 0 Å². The Labute approximate surface area is 107 Å². The van der Waals surface area contributed by atoms with E-state index in [-0.39, 0.29) is 28.6 Å². The summed E-state index contributed by atoms with van der Waals surface area (Å²) in [5.41, 5.74) is -0.357. The summed E-state index contributed by atoms with van der Waals surface area (Å²) >= 11 is 5.81. The predicted molar refractivity (Wildman–Crippen MR) is 63.9 cm³/mol. The largest absolute Gasteiger partial charge is 0.341 e. The fraction of sp³-hybridized carbons (Fsp3) is 0.923. The molecule has 1 heterocycles. The summed E-state index contributed by atoms with van der Waals surface area (Å²) in [7, 11) is 0. The van der Waals surface area contributed by atoms with Crippen LogP contribution in [0.25, 0.3) is 0 Å². The lowest BCUT2D eigenvalue weighted by atomic mass is 9.70. The highest BCUT2D eigenvalue weighted by molar-refractivity contribution is 6.18. The van der Waals surface area contributed by atoms with Crippen LogP contribution in [0.15, 0.2) is 0 Å². The van der Waals surface area contributed by atoms with Crippen molar-refractivity contribution in [3.05, 3.63) is 0 Å². The number of carbonyl (C=O) groups excluding carboxylic acids is 1. The van der Waals surface area contributed by atoms with Crippen LogP contribution in [0, 0.1) is 16.7 Å². The van der Waals surface area contributed by atoms with Crippen molar-refractivity contribution in [2.45, 2.75) is 45.5 Å². The standard InChI is InChI=1S/C13H19ClO3/c1-11(2)9-4-5-12(11,3)10(15)13(9)16-7-8(6-14)17-13/h8-9H,4-7H2,1-3H3/t8-,9+,12+,13-/m1/s1. The van der Waals surface area contributed by atoms with Gasteiger partial charge in [0.25, 0.3) is 0 Å². The number of hydrogen-bond donors (Lipinski definition) is 0. The van der Waals surface area contributed by atoms with Crippen LogP contribution in [0.5, 0.6) is 0 Å². The molecule has 0 aromatic carbocycles. The first-order valence-electron chi connectivity index (χ1n) is 6.31. The number of rotatable bonds is 1. The zero-order chi connectivity index (χ0) is 12.5. The number of ketones is 1. The van der Waals surface area contributed by atoms with Gasteiger partial charge in [0.05, 0.1) is 18.6 Å². The minimum atomic E-state index is -0.990. The molecule has 0 aromatic rings. The smallest absolute Gasteiger partial charge is 0.233 e. The number of fused-ring (bicyclic) bond motifs is 3. The quantitative estimate of drug-likeness (QED) is 0.678. The number of halogens is 1. The Balaban J connectivity index is 2.03. The molecule has 0 radical (unpaired) electrons. The molecule has 3 nitrogen and oxygen atoms in total. The molecule has 0 aromatic heterocycles. The van der Waals surface area contributed by atoms with Crippen LogP contribution in [0.1, 0.15) is 33.6 Å². The molecule has 0 N–H and O–H groups in total. The molecule has 4 heteroatoms. The van der Waals surface area contributed by atoms with Crippen LogP contribution in [-0.4, -0.2) is 30.2 Å². The Morgan fingerprint density at radius 1 is 1.41 bits per heavy atom. The lowest BCUT2D eigenvalue weighted by molar-refractivity contribution is -0.204. The summed E-state index contributed by atoms with van der Waals surface area (Å²) in [6, 6.07) is 0. The average molecular weight is 259 g/mol. The molecule has 2 saturated carbocycles. The van der Waals surface area contributed by atoms with Gasteiger partial charge in [-0.3, -0.25) is 4.79 Å². The Morgan fingerprint density at radius 2 is 2.12 bits per heavy atom. The van der Waals surface area contributed by atoms with Gasteiger partial charge in [-0.05, 0) is 18.3 Å². The molecule has 0 unspecified atom stereocenters. The monoisotopic (exact) mass is 258 g/mol. The number of Topliss-reactive ketones (excluding diaryl/α,β-unsaturated/α-hetero) is 1. The van der Waals surface area contributed by atoms with Gasteiger partial charge in [-0.2, -0.15) is 0 Å². The van der Waals surface area contributed by atoms with E-state index in [9.17, 15) is 4.79 Å². The molecule has 1 saturated heterocycles. The van der Waals surface area contributed by atoms with Crippen LogP contribution < -0.4 is 0 Å². The third-order valence-electron chi connectivity index (χ3n) is 5.50. The Hall–Kier alpha value is -0.120. The molecule has 2 bridgehead atoms. The highest BCUT2D eigenvalue weighted by atomic mass is 35.5. The molecule has 4 atom stereocenters. The minimum absolute atomic E-state index is 0.0503. The van der Waals surface area contributed by atoms with E-state index in [2.05, 4.69) is 20.8 Å². The Kier molecular flexibility index (Phi) is 2.28. The van der Waals surface area contributed by atoms with Gasteiger partial charge in [-0.25, -0.2) is 0 Å². The lowest BCUT2D eigenvalue weighted by Crippen LogP contribution is -2.48. The Bertz CT molecular complexity index is 381. The van der Waals surface area contributed by atoms with Gasteiger partial charge in [0.2, 0.25) is 5.79 Å². The van der Waals surface area contributed by atoms with E-state index in [4.69, 9.17) is 21.1 Å². The van der Waals surface area contributed by atoms with Crippen LogP contribution >= 0.6 is 11.6 Å². The molecule has 2 aliphatic carbocycles. The first-order chi connectivity index (χ1) is 7.88. The van der Waals surface area contributed by atoms with Gasteiger partial charge >= 0.3 is 0 Å². The first kappa shape index (κ1) is 11.9. The fourth-order valence-corrected chi connectivity index (χ4v) is 4.18. The van der Waals surface area contributed by atoms with Gasteiger partial charge < -0.3 is 9.47 Å². The number of alkyl halides is 1. The second kappa shape index (κ2) is 3.25. The second-order valence-electron chi connectivity index (χ2n) is 6.35. The molecule has 96 valence electrons. The van der Waals surface area contributed by atoms with Gasteiger partial charge in [0.1, 0.15) is 0 Å². The summed E-state index contributed by atoms with van der Waals surface area (Å²) in [6.45, 7) is 6.83. The van der Waals surface area contributed by atoms with Crippen molar-refractivity contribution in [2.24, 2.45) is 16.7 Å². The summed E-state index contributed by atoms with van der Waals surface area (Å²) < 4.78 is 11.7. The van der Waals surface area contributed by atoms with Gasteiger partial charge in [0, 0.05) is 11.3 Å². The third-order valence-corrected chi connectivity index (χ3v) is 5.84. The number of hydrogen-bond acceptors (Lipinski definition) is 3. The number of ether oxygens (including phenoxy) is 2. The lowest BCUT2D eigenvalue weighted by Gasteiger charge is -2.32. The molecule has 1 spiro atoms. The van der Waals surface area contributed by atoms with Crippen LogP contribution in [0.4, 0.5) is 0 Å². The van der Waals surface area contributed by atoms with Crippen molar-refractivity contribution in [1.29, 1.82) is 0 Å². The summed E-state index contributed by atoms with van der Waals surface area (Å²) in [4.78, 5) is 12.7. The zero-order valence-electron chi connectivity index (χ0n) is 10.6. The summed E-state index contributed by atoms with van der Waals surface area (Å²) in [5.74, 6) is -0.297. The molecule has 1 aliphatic heterocycles. The van der Waals surface area contributed by atoms with E-state index in [0.29, 0.717) is 12.5 Å². The maximum atomic E-state index is 12.7. The maximum Gasteiger partial charge on any atom is 0.233 e. The minimum Gasteiger partial charge on any atom is -0.341 e. The SMILES string of the molecule is CC1(C)[C@@H]2CC[C@@]1(C)C(=O)[C@@]21OC[C@@H](CCl)O1. The predicted octanol–water partition coefficient (Wildman–Crippen LogP) is 2.36. The normalized spacial score (nSPS) is 51.6. The molecular weight excluding hydrogens is 240 g/mol. The van der Waals surface area contributed by atoms with Crippen molar-refractivity contribution < 1.29 is 14.3 Å².